The van der Waals surface area contributed by atoms with Crippen LogP contribution in [0, 0.1) is 0 Å². The molecule has 0 nitrogen and oxygen atoms in total. The van der Waals surface area contributed by atoms with Crippen LogP contribution in [0.2, 0.25) is 0 Å². The van der Waals surface area contributed by atoms with Crippen molar-refractivity contribution < 1.29 is 0 Å². The molecule has 0 heteroatoms. The topological polar surface area (TPSA) is 0 Å². The summed E-state index contributed by atoms with van der Waals surface area (Å²) in [4.78, 5) is 0. The molecule has 19 heavy (non-hydrogen) atoms. The number of allylic oxidation sites excluding steroid dienone is 2. The Balaban J connectivity index is 2.19. The average Bonchev–Trinajstić information content (AvgIpc) is 2.75. The van der Waals surface area contributed by atoms with Crippen LogP contribution in [-0.2, 0) is 6.42 Å². The zero-order chi connectivity index (χ0) is 13.6. The number of fused-ring (bicyclic) bond motifs is 3. The molecule has 0 heterocycles. The minimum absolute atomic E-state index is 1.04. The molecule has 0 N–H and O–H groups in total. The highest BCUT2D eigenvalue weighted by Crippen LogP contribution is 2.39. The lowest BCUT2D eigenvalue weighted by molar-refractivity contribution is 1.26. The predicted octanol–water partition coefficient (Wildman–Crippen LogP) is 5.32. The Morgan fingerprint density at radius 1 is 0.789 bits per heavy atom. The van der Waals surface area contributed by atoms with E-state index >= 15 is 0 Å². The maximum atomic E-state index is 4.04. The van der Waals surface area contributed by atoms with Crippen molar-refractivity contribution in [3.8, 4) is 11.1 Å². The summed E-state index contributed by atoms with van der Waals surface area (Å²) in [5, 5.41) is 0. The van der Waals surface area contributed by atoms with Crippen LogP contribution >= 0.6 is 0 Å². The molecule has 0 spiro atoms. The van der Waals surface area contributed by atoms with Gasteiger partial charge in [0, 0.05) is 0 Å². The van der Waals surface area contributed by atoms with Crippen molar-refractivity contribution in [3.05, 3.63) is 71.8 Å². The summed E-state index contributed by atoms with van der Waals surface area (Å²) >= 11 is 0. The predicted molar refractivity (Wildman–Crippen MR) is 84.1 cm³/mol. The number of rotatable bonds is 2. The van der Waals surface area contributed by atoms with E-state index in [1.165, 1.54) is 33.4 Å². The summed E-state index contributed by atoms with van der Waals surface area (Å²) in [5.41, 5.74) is 10.2. The Morgan fingerprint density at radius 3 is 1.58 bits per heavy atom. The molecule has 0 saturated heterocycles. The van der Waals surface area contributed by atoms with Gasteiger partial charge in [-0.25, -0.2) is 0 Å². The maximum Gasteiger partial charge on any atom is -0.00134 e. The maximum absolute atomic E-state index is 4.04. The summed E-state index contributed by atoms with van der Waals surface area (Å²) in [7, 11) is 0. The third-order valence-corrected chi connectivity index (χ3v) is 3.88. The van der Waals surface area contributed by atoms with Crippen LogP contribution < -0.4 is 0 Å². The van der Waals surface area contributed by atoms with Gasteiger partial charge in [0.05, 0.1) is 0 Å². The standard InChI is InChI=1S/C19H18/c1-12(2)14-5-7-16-9-17-8-6-15(13(3)4)11-19(17)18(16)10-14/h5-8,10-11H,1,3,9H2,2,4H3. The largest absolute Gasteiger partial charge is 0.0955 e. The van der Waals surface area contributed by atoms with Gasteiger partial charge in [-0.1, -0.05) is 48.6 Å². The van der Waals surface area contributed by atoms with E-state index < -0.39 is 0 Å². The van der Waals surface area contributed by atoms with Gasteiger partial charge in [0.15, 0.2) is 0 Å². The minimum Gasteiger partial charge on any atom is -0.0955 e. The summed E-state index contributed by atoms with van der Waals surface area (Å²) in [6.07, 6.45) is 1.04. The first kappa shape index (κ1) is 12.0. The molecular weight excluding hydrogens is 228 g/mol. The van der Waals surface area contributed by atoms with Gasteiger partial charge in [0.2, 0.25) is 0 Å². The highest BCUT2D eigenvalue weighted by atomic mass is 14.2. The molecule has 0 saturated carbocycles. The Hall–Kier alpha value is -2.08. The van der Waals surface area contributed by atoms with Crippen LogP contribution in [0.5, 0.6) is 0 Å². The van der Waals surface area contributed by atoms with Gasteiger partial charge in [-0.15, -0.1) is 0 Å². The molecule has 0 amide bonds. The third kappa shape index (κ3) is 1.94. The van der Waals surface area contributed by atoms with Crippen LogP contribution in [0.15, 0.2) is 49.6 Å². The fourth-order valence-corrected chi connectivity index (χ4v) is 2.70. The molecule has 0 unspecified atom stereocenters. The van der Waals surface area contributed by atoms with E-state index in [0.717, 1.165) is 17.6 Å². The van der Waals surface area contributed by atoms with Gasteiger partial charge < -0.3 is 0 Å². The van der Waals surface area contributed by atoms with Crippen LogP contribution in [-0.4, -0.2) is 0 Å². The van der Waals surface area contributed by atoms with Gasteiger partial charge in [-0.3, -0.25) is 0 Å². The van der Waals surface area contributed by atoms with Crippen molar-refractivity contribution in [1.29, 1.82) is 0 Å². The van der Waals surface area contributed by atoms with Crippen LogP contribution in [0.25, 0.3) is 22.3 Å². The molecule has 1 aliphatic carbocycles. The number of benzene rings is 2. The SMILES string of the molecule is C=C(C)c1ccc2c(c1)-c1cc(C(=C)C)ccc1C2. The normalized spacial score (nSPS) is 11.9. The zero-order valence-corrected chi connectivity index (χ0v) is 11.6. The smallest absolute Gasteiger partial charge is 0.00134 e. The van der Waals surface area contributed by atoms with Crippen molar-refractivity contribution >= 4 is 11.1 Å². The summed E-state index contributed by atoms with van der Waals surface area (Å²) in [6, 6.07) is 13.4. The van der Waals surface area contributed by atoms with Crippen LogP contribution in [0.3, 0.4) is 0 Å². The lowest BCUT2D eigenvalue weighted by Gasteiger charge is -2.07. The second-order valence-corrected chi connectivity index (χ2v) is 5.48. The van der Waals surface area contributed by atoms with E-state index in [4.69, 9.17) is 0 Å². The summed E-state index contributed by atoms with van der Waals surface area (Å²) in [6.45, 7) is 12.2. The Kier molecular flexibility index (Phi) is 2.67. The molecule has 94 valence electrons. The van der Waals surface area contributed by atoms with Crippen molar-refractivity contribution in [3.63, 3.8) is 0 Å². The van der Waals surface area contributed by atoms with Crippen molar-refractivity contribution in [1.82, 2.24) is 0 Å². The van der Waals surface area contributed by atoms with E-state index in [9.17, 15) is 0 Å². The molecule has 2 aromatic rings. The Labute approximate surface area is 115 Å². The molecule has 0 aliphatic heterocycles. The molecule has 1 aliphatic rings. The van der Waals surface area contributed by atoms with Crippen LogP contribution in [0.4, 0.5) is 0 Å². The fourth-order valence-electron chi connectivity index (χ4n) is 2.70. The minimum atomic E-state index is 1.04. The Morgan fingerprint density at radius 2 is 1.21 bits per heavy atom. The highest BCUT2D eigenvalue weighted by Gasteiger charge is 2.19. The molecule has 2 aromatic carbocycles. The van der Waals surface area contributed by atoms with E-state index in [1.54, 1.807) is 0 Å². The molecule has 0 radical (unpaired) electrons. The van der Waals surface area contributed by atoms with Gasteiger partial charge in [0.25, 0.3) is 0 Å². The van der Waals surface area contributed by atoms with E-state index in [0.29, 0.717) is 0 Å². The molecule has 3 rings (SSSR count). The average molecular weight is 246 g/mol. The van der Waals surface area contributed by atoms with E-state index in [1.807, 2.05) is 0 Å². The molecule has 0 atom stereocenters. The highest BCUT2D eigenvalue weighted by molar-refractivity contribution is 5.82. The summed E-state index contributed by atoms with van der Waals surface area (Å²) in [5.74, 6) is 0. The van der Waals surface area contributed by atoms with Gasteiger partial charge in [-0.05, 0) is 65.8 Å². The first-order valence-corrected chi connectivity index (χ1v) is 6.64. The van der Waals surface area contributed by atoms with E-state index in [-0.39, 0.29) is 0 Å². The zero-order valence-electron chi connectivity index (χ0n) is 11.6. The van der Waals surface area contributed by atoms with Gasteiger partial charge in [-0.2, -0.15) is 0 Å². The van der Waals surface area contributed by atoms with E-state index in [2.05, 4.69) is 63.4 Å². The van der Waals surface area contributed by atoms with Crippen molar-refractivity contribution in [2.45, 2.75) is 20.3 Å². The quantitative estimate of drug-likeness (QED) is 0.573. The second kappa shape index (κ2) is 4.24. The molecule has 0 aromatic heterocycles. The molecule has 0 bridgehead atoms. The third-order valence-electron chi connectivity index (χ3n) is 3.88. The van der Waals surface area contributed by atoms with Crippen LogP contribution in [0.1, 0.15) is 36.1 Å². The lowest BCUT2D eigenvalue weighted by Crippen LogP contribution is -1.84. The number of hydrogen-bond donors (Lipinski definition) is 0. The monoisotopic (exact) mass is 246 g/mol. The molecule has 0 fully saturated rings. The van der Waals surface area contributed by atoms with Gasteiger partial charge >= 0.3 is 0 Å². The Bertz CT molecular complexity index is 640. The lowest BCUT2D eigenvalue weighted by atomic mass is 9.98. The molecular formula is C19H18. The second-order valence-electron chi connectivity index (χ2n) is 5.48. The van der Waals surface area contributed by atoms with Gasteiger partial charge in [0.1, 0.15) is 0 Å². The first-order chi connectivity index (χ1) is 9.06. The fraction of sp³-hybridized carbons (Fsp3) is 0.158. The first-order valence-electron chi connectivity index (χ1n) is 6.64. The van der Waals surface area contributed by atoms with Crippen molar-refractivity contribution in [2.24, 2.45) is 0 Å². The van der Waals surface area contributed by atoms with Crippen molar-refractivity contribution in [2.75, 3.05) is 0 Å². The summed E-state index contributed by atoms with van der Waals surface area (Å²) < 4.78 is 0. The number of hydrogen-bond acceptors (Lipinski definition) is 0.